The van der Waals surface area contributed by atoms with Crippen LogP contribution in [0.2, 0.25) is 0 Å². The van der Waals surface area contributed by atoms with Crippen LogP contribution in [-0.2, 0) is 5.41 Å². The molecular weight excluding hydrogens is 316 g/mol. The van der Waals surface area contributed by atoms with E-state index in [2.05, 4.69) is 35.6 Å². The highest BCUT2D eigenvalue weighted by atomic mass is 16.3. The number of amides is 1. The van der Waals surface area contributed by atoms with Gasteiger partial charge in [-0.3, -0.25) is 4.79 Å². The van der Waals surface area contributed by atoms with Crippen molar-refractivity contribution in [2.24, 2.45) is 0 Å². The Kier molecular flexibility index (Phi) is 4.54. The quantitative estimate of drug-likeness (QED) is 0.840. The fourth-order valence-electron chi connectivity index (χ4n) is 2.99. The SMILES string of the molecule is Cc1nccc(N2CCN(C(=O)c3cc(C(C)(C)C)oc3C)CC2)n1. The number of carbonyl (C=O) groups is 1. The van der Waals surface area contributed by atoms with Gasteiger partial charge in [0, 0.05) is 37.8 Å². The lowest BCUT2D eigenvalue weighted by Crippen LogP contribution is -2.49. The average molecular weight is 342 g/mol. The van der Waals surface area contributed by atoms with Gasteiger partial charge in [0.15, 0.2) is 0 Å². The summed E-state index contributed by atoms with van der Waals surface area (Å²) in [6, 6.07) is 3.82. The van der Waals surface area contributed by atoms with Gasteiger partial charge >= 0.3 is 0 Å². The number of rotatable bonds is 2. The van der Waals surface area contributed by atoms with Crippen molar-refractivity contribution in [2.45, 2.75) is 40.0 Å². The topological polar surface area (TPSA) is 62.5 Å². The van der Waals surface area contributed by atoms with E-state index in [1.807, 2.05) is 30.9 Å². The van der Waals surface area contributed by atoms with E-state index in [9.17, 15) is 4.79 Å². The lowest BCUT2D eigenvalue weighted by Gasteiger charge is -2.35. The number of aryl methyl sites for hydroxylation is 2. The first-order chi connectivity index (χ1) is 11.8. The van der Waals surface area contributed by atoms with Crippen LogP contribution in [0.15, 0.2) is 22.7 Å². The molecule has 0 spiro atoms. The van der Waals surface area contributed by atoms with Crippen molar-refractivity contribution in [1.82, 2.24) is 14.9 Å². The van der Waals surface area contributed by atoms with Crippen molar-refractivity contribution >= 4 is 11.7 Å². The zero-order chi connectivity index (χ0) is 18.2. The summed E-state index contributed by atoms with van der Waals surface area (Å²) < 4.78 is 5.82. The molecule has 1 amide bonds. The second kappa shape index (κ2) is 6.50. The van der Waals surface area contributed by atoms with Crippen LogP contribution >= 0.6 is 0 Å². The van der Waals surface area contributed by atoms with E-state index in [1.165, 1.54) is 0 Å². The highest BCUT2D eigenvalue weighted by Gasteiger charge is 2.28. The Morgan fingerprint density at radius 3 is 2.40 bits per heavy atom. The van der Waals surface area contributed by atoms with Gasteiger partial charge in [-0.1, -0.05) is 20.8 Å². The predicted molar refractivity (Wildman–Crippen MR) is 97.0 cm³/mol. The third-order valence-corrected chi connectivity index (χ3v) is 4.54. The number of hydrogen-bond donors (Lipinski definition) is 0. The van der Waals surface area contributed by atoms with Gasteiger partial charge < -0.3 is 14.2 Å². The molecule has 1 aliphatic heterocycles. The molecule has 2 aromatic heterocycles. The van der Waals surface area contributed by atoms with Crippen LogP contribution in [0.1, 0.15) is 48.5 Å². The molecule has 0 aliphatic carbocycles. The van der Waals surface area contributed by atoms with Gasteiger partial charge in [-0.05, 0) is 26.0 Å². The number of carbonyl (C=O) groups excluding carboxylic acids is 1. The largest absolute Gasteiger partial charge is 0.465 e. The molecule has 0 N–H and O–H groups in total. The Labute approximate surface area is 148 Å². The van der Waals surface area contributed by atoms with E-state index in [0.717, 1.165) is 30.5 Å². The molecule has 0 saturated carbocycles. The molecule has 0 aromatic carbocycles. The Balaban J connectivity index is 1.69. The van der Waals surface area contributed by atoms with Gasteiger partial charge in [0.05, 0.1) is 5.56 Å². The van der Waals surface area contributed by atoms with E-state index >= 15 is 0 Å². The van der Waals surface area contributed by atoms with E-state index < -0.39 is 0 Å². The Morgan fingerprint density at radius 2 is 1.84 bits per heavy atom. The lowest BCUT2D eigenvalue weighted by molar-refractivity contribution is 0.0744. The van der Waals surface area contributed by atoms with E-state index in [0.29, 0.717) is 24.4 Å². The van der Waals surface area contributed by atoms with Gasteiger partial charge in [-0.2, -0.15) is 0 Å². The fraction of sp³-hybridized carbons (Fsp3) is 0.526. The summed E-state index contributed by atoms with van der Waals surface area (Å²) in [5, 5.41) is 0. The molecule has 1 fully saturated rings. The van der Waals surface area contributed by atoms with E-state index in [4.69, 9.17) is 4.42 Å². The normalized spacial score (nSPS) is 15.6. The van der Waals surface area contributed by atoms with Gasteiger partial charge in [-0.25, -0.2) is 9.97 Å². The lowest BCUT2D eigenvalue weighted by atomic mass is 9.93. The maximum absolute atomic E-state index is 12.9. The molecular formula is C19H26N4O2. The Morgan fingerprint density at radius 1 is 1.16 bits per heavy atom. The van der Waals surface area contributed by atoms with Gasteiger partial charge in [0.1, 0.15) is 23.2 Å². The first kappa shape index (κ1) is 17.5. The summed E-state index contributed by atoms with van der Waals surface area (Å²) >= 11 is 0. The van der Waals surface area contributed by atoms with Crippen LogP contribution in [0, 0.1) is 13.8 Å². The third-order valence-electron chi connectivity index (χ3n) is 4.54. The number of hydrogen-bond acceptors (Lipinski definition) is 5. The number of furan rings is 1. The molecule has 3 heterocycles. The summed E-state index contributed by atoms with van der Waals surface area (Å²) in [7, 11) is 0. The third kappa shape index (κ3) is 3.67. The molecule has 0 bridgehead atoms. The molecule has 25 heavy (non-hydrogen) atoms. The van der Waals surface area contributed by atoms with Crippen molar-refractivity contribution in [3.05, 3.63) is 41.2 Å². The first-order valence-electron chi connectivity index (χ1n) is 8.70. The van der Waals surface area contributed by atoms with Crippen LogP contribution in [0.25, 0.3) is 0 Å². The van der Waals surface area contributed by atoms with Crippen molar-refractivity contribution in [1.29, 1.82) is 0 Å². The van der Waals surface area contributed by atoms with E-state index in [1.54, 1.807) is 6.20 Å². The summed E-state index contributed by atoms with van der Waals surface area (Å²) in [6.07, 6.45) is 1.78. The fourth-order valence-corrected chi connectivity index (χ4v) is 2.99. The number of nitrogens with zero attached hydrogens (tertiary/aromatic N) is 4. The number of piperazine rings is 1. The summed E-state index contributed by atoms with van der Waals surface area (Å²) in [5.74, 6) is 3.29. The second-order valence-corrected chi connectivity index (χ2v) is 7.57. The average Bonchev–Trinajstić information content (AvgIpc) is 2.96. The molecule has 0 radical (unpaired) electrons. The van der Waals surface area contributed by atoms with Crippen LogP contribution in [0.5, 0.6) is 0 Å². The smallest absolute Gasteiger partial charge is 0.257 e. The minimum atomic E-state index is -0.104. The molecule has 0 atom stereocenters. The number of anilines is 1. The summed E-state index contributed by atoms with van der Waals surface area (Å²) in [5.41, 5.74) is 0.573. The van der Waals surface area contributed by atoms with Crippen LogP contribution in [0.4, 0.5) is 5.82 Å². The molecule has 6 nitrogen and oxygen atoms in total. The van der Waals surface area contributed by atoms with Gasteiger partial charge in [0.2, 0.25) is 0 Å². The molecule has 1 aliphatic rings. The standard InChI is InChI=1S/C19H26N4O2/c1-13-15(12-16(25-13)19(3,4)5)18(24)23-10-8-22(9-11-23)17-6-7-20-14(2)21-17/h6-7,12H,8-11H2,1-5H3. The molecule has 3 rings (SSSR count). The Bertz CT molecular complexity index is 768. The highest BCUT2D eigenvalue weighted by Crippen LogP contribution is 2.28. The predicted octanol–water partition coefficient (Wildman–Crippen LogP) is 2.95. The number of aromatic nitrogens is 2. The second-order valence-electron chi connectivity index (χ2n) is 7.57. The molecule has 6 heteroatoms. The van der Waals surface area contributed by atoms with Gasteiger partial charge in [-0.15, -0.1) is 0 Å². The Hall–Kier alpha value is -2.37. The molecule has 0 unspecified atom stereocenters. The zero-order valence-electron chi connectivity index (χ0n) is 15.7. The first-order valence-corrected chi connectivity index (χ1v) is 8.70. The molecule has 1 saturated heterocycles. The van der Waals surface area contributed by atoms with E-state index in [-0.39, 0.29) is 11.3 Å². The van der Waals surface area contributed by atoms with Crippen LogP contribution < -0.4 is 4.90 Å². The monoisotopic (exact) mass is 342 g/mol. The van der Waals surface area contributed by atoms with Gasteiger partial charge in [0.25, 0.3) is 5.91 Å². The van der Waals surface area contributed by atoms with Crippen molar-refractivity contribution in [3.8, 4) is 0 Å². The summed E-state index contributed by atoms with van der Waals surface area (Å²) in [6.45, 7) is 12.9. The zero-order valence-corrected chi connectivity index (χ0v) is 15.7. The van der Waals surface area contributed by atoms with Crippen molar-refractivity contribution in [2.75, 3.05) is 31.1 Å². The van der Waals surface area contributed by atoms with Crippen LogP contribution in [-0.4, -0.2) is 47.0 Å². The maximum atomic E-state index is 12.9. The molecule has 2 aromatic rings. The van der Waals surface area contributed by atoms with Crippen LogP contribution in [0.3, 0.4) is 0 Å². The van der Waals surface area contributed by atoms with Crippen molar-refractivity contribution < 1.29 is 9.21 Å². The molecule has 134 valence electrons. The maximum Gasteiger partial charge on any atom is 0.257 e. The van der Waals surface area contributed by atoms with Crippen molar-refractivity contribution in [3.63, 3.8) is 0 Å². The highest BCUT2D eigenvalue weighted by molar-refractivity contribution is 5.95. The summed E-state index contributed by atoms with van der Waals surface area (Å²) in [4.78, 5) is 25.6. The minimum absolute atomic E-state index is 0.0512. The minimum Gasteiger partial charge on any atom is -0.465 e.